The molecule has 0 saturated heterocycles. The van der Waals surface area contributed by atoms with Gasteiger partial charge in [0.25, 0.3) is 0 Å². The Hall–Kier alpha value is -1.92. The minimum atomic E-state index is -3.59. The molecule has 1 aliphatic heterocycles. The van der Waals surface area contributed by atoms with Crippen molar-refractivity contribution in [1.82, 2.24) is 0 Å². The van der Waals surface area contributed by atoms with Crippen molar-refractivity contribution in [2.75, 3.05) is 10.8 Å². The molecule has 0 aromatic heterocycles. The van der Waals surface area contributed by atoms with Gasteiger partial charge in [0.05, 0.1) is 17.5 Å². The lowest BCUT2D eigenvalue weighted by Gasteiger charge is -2.33. The number of halogens is 1. The molecule has 6 heteroatoms. The van der Waals surface area contributed by atoms with Gasteiger partial charge in [0.1, 0.15) is 5.82 Å². The summed E-state index contributed by atoms with van der Waals surface area (Å²) >= 11 is 0. The van der Waals surface area contributed by atoms with Crippen LogP contribution in [0.4, 0.5) is 10.1 Å². The van der Waals surface area contributed by atoms with Gasteiger partial charge < -0.3 is 5.11 Å². The summed E-state index contributed by atoms with van der Waals surface area (Å²) in [6, 6.07) is 12.7. The fraction of sp³-hybridized carbons (Fsp3) is 0.250. The van der Waals surface area contributed by atoms with Crippen molar-refractivity contribution < 1.29 is 17.9 Å². The molecule has 0 spiro atoms. The number of benzene rings is 2. The number of anilines is 1. The third-order valence-electron chi connectivity index (χ3n) is 3.75. The van der Waals surface area contributed by atoms with Gasteiger partial charge in [-0.2, -0.15) is 0 Å². The van der Waals surface area contributed by atoms with E-state index in [1.807, 2.05) is 6.07 Å². The maximum atomic E-state index is 13.4. The number of aliphatic hydroxyl groups excluding tert-OH is 1. The molecule has 1 atom stereocenters. The van der Waals surface area contributed by atoms with Crippen molar-refractivity contribution in [2.45, 2.75) is 18.3 Å². The number of aliphatic hydroxyl groups is 1. The van der Waals surface area contributed by atoms with Crippen LogP contribution in [0.15, 0.2) is 48.5 Å². The molecule has 4 nitrogen and oxygen atoms in total. The van der Waals surface area contributed by atoms with Gasteiger partial charge in [-0.3, -0.25) is 4.31 Å². The van der Waals surface area contributed by atoms with Crippen LogP contribution in [0.5, 0.6) is 0 Å². The number of hydrogen-bond acceptors (Lipinski definition) is 3. The van der Waals surface area contributed by atoms with Gasteiger partial charge >= 0.3 is 0 Å². The molecule has 1 unspecified atom stereocenters. The molecule has 0 fully saturated rings. The highest BCUT2D eigenvalue weighted by Crippen LogP contribution is 2.36. The molecule has 0 bridgehead atoms. The molecular formula is C16H16FNO3S. The molecule has 3 rings (SSSR count). The Kier molecular flexibility index (Phi) is 3.88. The molecule has 0 saturated carbocycles. The smallest absolute Gasteiger partial charge is 0.239 e. The molecule has 1 aliphatic rings. The van der Waals surface area contributed by atoms with Crippen LogP contribution in [0.1, 0.15) is 23.7 Å². The van der Waals surface area contributed by atoms with E-state index in [0.29, 0.717) is 16.8 Å². The van der Waals surface area contributed by atoms with E-state index in [9.17, 15) is 17.9 Å². The van der Waals surface area contributed by atoms with E-state index in [1.165, 1.54) is 22.5 Å². The molecule has 0 aliphatic carbocycles. The van der Waals surface area contributed by atoms with Crippen LogP contribution in [-0.4, -0.2) is 20.1 Å². The lowest BCUT2D eigenvalue weighted by Crippen LogP contribution is -2.37. The summed E-state index contributed by atoms with van der Waals surface area (Å²) in [5.41, 5.74) is 1.37. The second-order valence-electron chi connectivity index (χ2n) is 5.32. The normalized spacial score (nSPS) is 18.1. The third kappa shape index (κ3) is 2.84. The van der Waals surface area contributed by atoms with Crippen LogP contribution in [0, 0.1) is 5.82 Å². The van der Waals surface area contributed by atoms with Crippen LogP contribution in [0.3, 0.4) is 0 Å². The average Bonchev–Trinajstić information content (AvgIpc) is 2.48. The first-order valence-corrected chi connectivity index (χ1v) is 8.60. The number of rotatable bonds is 3. The third-order valence-corrected chi connectivity index (χ3v) is 5.50. The monoisotopic (exact) mass is 321 g/mol. The van der Waals surface area contributed by atoms with Crippen molar-refractivity contribution in [1.29, 1.82) is 0 Å². The molecule has 0 amide bonds. The van der Waals surface area contributed by atoms with Crippen molar-refractivity contribution in [3.05, 3.63) is 65.5 Å². The van der Waals surface area contributed by atoms with E-state index in [2.05, 4.69) is 0 Å². The fourth-order valence-corrected chi connectivity index (χ4v) is 4.31. The van der Waals surface area contributed by atoms with Gasteiger partial charge in [0.15, 0.2) is 0 Å². The Balaban J connectivity index is 1.97. The summed E-state index contributed by atoms with van der Waals surface area (Å²) in [6.45, 7) is 0.189. The number of fused-ring (bicyclic) bond motifs is 1. The van der Waals surface area contributed by atoms with Gasteiger partial charge in [-0.15, -0.1) is 0 Å². The van der Waals surface area contributed by atoms with E-state index in [4.69, 9.17) is 0 Å². The average molecular weight is 321 g/mol. The zero-order valence-corrected chi connectivity index (χ0v) is 12.6. The highest BCUT2D eigenvalue weighted by atomic mass is 32.2. The Labute approximate surface area is 128 Å². The standard InChI is InChI=1S/C16H16FNO3S/c17-13-6-7-15-14(10-13)16(19)8-9-18(15)22(20,21)11-12-4-2-1-3-5-12/h1-7,10,16,19H,8-9,11H2. The Morgan fingerprint density at radius 3 is 2.64 bits per heavy atom. The summed E-state index contributed by atoms with van der Waals surface area (Å²) in [6.07, 6.45) is -0.585. The van der Waals surface area contributed by atoms with E-state index in [0.717, 1.165) is 0 Å². The fourth-order valence-electron chi connectivity index (χ4n) is 2.69. The Morgan fingerprint density at radius 1 is 1.18 bits per heavy atom. The van der Waals surface area contributed by atoms with Crippen molar-refractivity contribution in [3.63, 3.8) is 0 Å². The van der Waals surface area contributed by atoms with Crippen LogP contribution in [-0.2, 0) is 15.8 Å². The summed E-state index contributed by atoms with van der Waals surface area (Å²) in [4.78, 5) is 0. The van der Waals surface area contributed by atoms with Gasteiger partial charge in [-0.25, -0.2) is 12.8 Å². The molecule has 2 aromatic carbocycles. The lowest BCUT2D eigenvalue weighted by molar-refractivity contribution is 0.166. The van der Waals surface area contributed by atoms with Crippen molar-refractivity contribution >= 4 is 15.7 Å². The molecular weight excluding hydrogens is 305 g/mol. The quantitative estimate of drug-likeness (QED) is 0.945. The van der Waals surface area contributed by atoms with Gasteiger partial charge in [-0.05, 0) is 30.2 Å². The zero-order valence-electron chi connectivity index (χ0n) is 11.8. The summed E-state index contributed by atoms with van der Waals surface area (Å²) < 4.78 is 39.9. The highest BCUT2D eigenvalue weighted by molar-refractivity contribution is 7.92. The van der Waals surface area contributed by atoms with Crippen molar-refractivity contribution in [2.24, 2.45) is 0 Å². The summed E-state index contributed by atoms with van der Waals surface area (Å²) in [5, 5.41) is 9.97. The first-order chi connectivity index (χ1) is 10.5. The molecule has 1 N–H and O–H groups in total. The minimum Gasteiger partial charge on any atom is -0.388 e. The number of sulfonamides is 1. The topological polar surface area (TPSA) is 57.6 Å². The molecule has 22 heavy (non-hydrogen) atoms. The molecule has 116 valence electrons. The van der Waals surface area contributed by atoms with Crippen molar-refractivity contribution in [3.8, 4) is 0 Å². The van der Waals surface area contributed by atoms with Crippen LogP contribution in [0.2, 0.25) is 0 Å². The number of hydrogen-bond donors (Lipinski definition) is 1. The maximum absolute atomic E-state index is 13.4. The van der Waals surface area contributed by atoms with Gasteiger partial charge in [0, 0.05) is 12.1 Å². The van der Waals surface area contributed by atoms with Crippen LogP contribution < -0.4 is 4.31 Å². The number of nitrogens with zero attached hydrogens (tertiary/aromatic N) is 1. The molecule has 2 aromatic rings. The van der Waals surface area contributed by atoms with Gasteiger partial charge in [0.2, 0.25) is 10.0 Å². The first kappa shape index (κ1) is 15.0. The second kappa shape index (κ2) is 5.70. The SMILES string of the molecule is O=S(=O)(Cc1ccccc1)N1CCC(O)c2cc(F)ccc21. The minimum absolute atomic E-state index is 0.124. The second-order valence-corrected chi connectivity index (χ2v) is 7.21. The zero-order chi connectivity index (χ0) is 15.7. The van der Waals surface area contributed by atoms with Crippen LogP contribution in [0.25, 0.3) is 0 Å². The summed E-state index contributed by atoms with van der Waals surface area (Å²) in [7, 11) is -3.59. The molecule has 1 heterocycles. The van der Waals surface area contributed by atoms with E-state index in [1.54, 1.807) is 24.3 Å². The summed E-state index contributed by atoms with van der Waals surface area (Å²) in [5.74, 6) is -0.610. The largest absolute Gasteiger partial charge is 0.388 e. The highest BCUT2D eigenvalue weighted by Gasteiger charge is 2.31. The Bertz CT molecular complexity index is 777. The predicted octanol–water partition coefficient (Wildman–Crippen LogP) is 2.60. The predicted molar refractivity (Wildman–Crippen MR) is 82.4 cm³/mol. The van der Waals surface area contributed by atoms with Crippen LogP contribution >= 0.6 is 0 Å². The molecule has 0 radical (unpaired) electrons. The van der Waals surface area contributed by atoms with E-state index >= 15 is 0 Å². The van der Waals surface area contributed by atoms with E-state index < -0.39 is 21.9 Å². The lowest BCUT2D eigenvalue weighted by atomic mass is 10.0. The Morgan fingerprint density at radius 2 is 1.91 bits per heavy atom. The maximum Gasteiger partial charge on any atom is 0.239 e. The van der Waals surface area contributed by atoms with Gasteiger partial charge in [-0.1, -0.05) is 30.3 Å². The van der Waals surface area contributed by atoms with E-state index in [-0.39, 0.29) is 18.7 Å². The first-order valence-electron chi connectivity index (χ1n) is 6.99.